The Kier molecular flexibility index (Phi) is 5.80. The number of hydrogen-bond acceptors (Lipinski definition) is 4. The van der Waals surface area contributed by atoms with Gasteiger partial charge in [0.2, 0.25) is 5.89 Å². The van der Waals surface area contributed by atoms with Gasteiger partial charge in [0.25, 0.3) is 0 Å². The molecule has 6 heteroatoms. The second kappa shape index (κ2) is 9.60. The number of nitrogens with zero attached hydrogens (tertiary/aromatic N) is 3. The van der Waals surface area contributed by atoms with E-state index in [1.165, 1.54) is 11.1 Å². The number of aromatic nitrogens is 2. The third kappa shape index (κ3) is 4.30. The lowest BCUT2D eigenvalue weighted by Gasteiger charge is -2.48. The lowest BCUT2D eigenvalue weighted by molar-refractivity contribution is 0.0465. The van der Waals surface area contributed by atoms with Gasteiger partial charge >= 0.3 is 6.03 Å². The highest BCUT2D eigenvalue weighted by Crippen LogP contribution is 2.45. The molecule has 8 rings (SSSR count). The molecule has 3 heterocycles. The lowest BCUT2D eigenvalue weighted by Crippen LogP contribution is -2.57. The molecule has 4 aliphatic rings. The molecule has 4 aromatic rings. The summed E-state index contributed by atoms with van der Waals surface area (Å²) in [7, 11) is 0. The van der Waals surface area contributed by atoms with Crippen molar-refractivity contribution in [2.45, 2.75) is 43.2 Å². The third-order valence-electron chi connectivity index (χ3n) is 8.30. The molecule has 6 nitrogen and oxygen atoms in total. The van der Waals surface area contributed by atoms with Crippen LogP contribution < -0.4 is 5.32 Å². The highest BCUT2D eigenvalue weighted by Gasteiger charge is 2.46. The molecule has 4 atom stereocenters. The molecular formula is C32H30N4O2. The summed E-state index contributed by atoms with van der Waals surface area (Å²) >= 11 is 0. The fraction of sp³-hybridized carbons (Fsp3) is 0.281. The maximum atomic E-state index is 13.4. The van der Waals surface area contributed by atoms with Crippen LogP contribution in [0, 0.1) is 5.92 Å². The minimum Gasteiger partial charge on any atom is -0.339 e. The fourth-order valence-corrected chi connectivity index (χ4v) is 6.36. The second-order valence-corrected chi connectivity index (χ2v) is 10.7. The zero-order chi connectivity index (χ0) is 25.5. The van der Waals surface area contributed by atoms with Gasteiger partial charge in [-0.25, -0.2) is 4.79 Å². The zero-order valence-corrected chi connectivity index (χ0v) is 21.1. The number of fused-ring (bicyclic) bond motifs is 3. The van der Waals surface area contributed by atoms with Crippen molar-refractivity contribution < 1.29 is 9.32 Å². The Morgan fingerprint density at radius 2 is 1.55 bits per heavy atom. The van der Waals surface area contributed by atoms with Crippen LogP contribution in [0.4, 0.5) is 4.79 Å². The summed E-state index contributed by atoms with van der Waals surface area (Å²) < 4.78 is 5.95. The average Bonchev–Trinajstić information content (AvgIpc) is 3.58. The maximum Gasteiger partial charge on any atom is 0.318 e. The van der Waals surface area contributed by atoms with Crippen LogP contribution in [0.25, 0.3) is 5.57 Å². The van der Waals surface area contributed by atoms with Crippen LogP contribution in [0.5, 0.6) is 0 Å². The minimum absolute atomic E-state index is 0.00256. The molecule has 1 N–H and O–H groups in total. The molecule has 2 aliphatic carbocycles. The number of urea groups is 1. The summed E-state index contributed by atoms with van der Waals surface area (Å²) in [4.78, 5) is 20.4. The van der Waals surface area contributed by atoms with Crippen LogP contribution in [0.15, 0.2) is 102 Å². The van der Waals surface area contributed by atoms with Gasteiger partial charge in [0, 0.05) is 12.6 Å². The Bertz CT molecular complexity index is 1410. The highest BCUT2D eigenvalue weighted by molar-refractivity contribution is 5.89. The van der Waals surface area contributed by atoms with Crippen molar-refractivity contribution in [3.05, 3.63) is 125 Å². The largest absolute Gasteiger partial charge is 0.339 e. The van der Waals surface area contributed by atoms with E-state index in [1.54, 1.807) is 0 Å². The van der Waals surface area contributed by atoms with E-state index < -0.39 is 0 Å². The van der Waals surface area contributed by atoms with Crippen LogP contribution in [-0.4, -0.2) is 39.7 Å². The molecule has 2 bridgehead atoms. The number of piperidine rings is 2. The summed E-state index contributed by atoms with van der Waals surface area (Å²) in [6.45, 7) is 0.790. The quantitative estimate of drug-likeness (QED) is 0.351. The summed E-state index contributed by atoms with van der Waals surface area (Å²) in [5.74, 6) is 1.73. The van der Waals surface area contributed by atoms with E-state index in [2.05, 4.69) is 52.9 Å². The van der Waals surface area contributed by atoms with E-state index in [4.69, 9.17) is 9.51 Å². The number of rotatable bonds is 6. The Hall–Kier alpha value is -4.19. The van der Waals surface area contributed by atoms with Gasteiger partial charge in [0.05, 0.1) is 17.9 Å². The predicted octanol–water partition coefficient (Wildman–Crippen LogP) is 5.99. The topological polar surface area (TPSA) is 71.3 Å². The summed E-state index contributed by atoms with van der Waals surface area (Å²) in [6.07, 6.45) is 5.20. The van der Waals surface area contributed by atoms with Crippen LogP contribution >= 0.6 is 0 Å². The standard InChI is InChI=1S/C32H30N4O2/c37-32(33-27-19-25(27)22-10-4-1-5-11-22)36-20-21-16-17-28(36)26(18-21)31-34-30(35-38-31)29(23-12-6-2-7-13-23)24-14-8-3-9-15-24/h1-15,19,21,26-29H,16-18,20H2,(H,33,37). The van der Waals surface area contributed by atoms with E-state index in [-0.39, 0.29) is 30.0 Å². The number of hydrogen-bond donors (Lipinski definition) is 1. The SMILES string of the molecule is O=C(NC1C=C1c1ccccc1)N1CC2CCC1C(c1nc(C(c3ccccc3)c3ccccc3)no1)C2. The van der Waals surface area contributed by atoms with Crippen molar-refractivity contribution >= 4 is 11.6 Å². The van der Waals surface area contributed by atoms with Gasteiger partial charge < -0.3 is 14.7 Å². The Balaban J connectivity index is 1.11. The zero-order valence-electron chi connectivity index (χ0n) is 21.1. The molecule has 190 valence electrons. The number of nitrogens with one attached hydrogen (secondary N) is 1. The number of amides is 2. The molecule has 3 aromatic carbocycles. The van der Waals surface area contributed by atoms with Crippen LogP contribution in [0.1, 0.15) is 59.5 Å². The first kappa shape index (κ1) is 23.0. The van der Waals surface area contributed by atoms with Gasteiger partial charge in [-0.15, -0.1) is 0 Å². The van der Waals surface area contributed by atoms with Gasteiger partial charge in [-0.05, 0) is 47.4 Å². The summed E-state index contributed by atoms with van der Waals surface area (Å²) in [5, 5.41) is 7.71. The van der Waals surface area contributed by atoms with E-state index in [0.29, 0.717) is 17.6 Å². The highest BCUT2D eigenvalue weighted by atomic mass is 16.5. The molecule has 2 amide bonds. The first-order chi connectivity index (χ1) is 18.7. The average molecular weight is 503 g/mol. The molecule has 3 fully saturated rings. The van der Waals surface area contributed by atoms with Gasteiger partial charge in [0.15, 0.2) is 5.82 Å². The van der Waals surface area contributed by atoms with Crippen molar-refractivity contribution in [3.8, 4) is 0 Å². The number of carbonyl (C=O) groups excluding carboxylic acids is 1. The van der Waals surface area contributed by atoms with Crippen molar-refractivity contribution in [2.75, 3.05) is 6.54 Å². The lowest BCUT2D eigenvalue weighted by atomic mass is 9.72. The predicted molar refractivity (Wildman–Crippen MR) is 145 cm³/mol. The van der Waals surface area contributed by atoms with Crippen LogP contribution in [-0.2, 0) is 0 Å². The first-order valence-electron chi connectivity index (χ1n) is 13.5. The molecular weight excluding hydrogens is 472 g/mol. The smallest absolute Gasteiger partial charge is 0.318 e. The summed E-state index contributed by atoms with van der Waals surface area (Å²) in [5.41, 5.74) is 4.61. The molecule has 1 aromatic heterocycles. The molecule has 1 saturated carbocycles. The third-order valence-corrected chi connectivity index (χ3v) is 8.30. The van der Waals surface area contributed by atoms with Gasteiger partial charge in [-0.1, -0.05) is 102 Å². The van der Waals surface area contributed by atoms with Crippen molar-refractivity contribution in [1.82, 2.24) is 20.4 Å². The van der Waals surface area contributed by atoms with Gasteiger partial charge in [0.1, 0.15) is 0 Å². The van der Waals surface area contributed by atoms with Crippen LogP contribution in [0.3, 0.4) is 0 Å². The number of benzene rings is 3. The number of carbonyl (C=O) groups is 1. The molecule has 4 unspecified atom stereocenters. The van der Waals surface area contributed by atoms with E-state index in [0.717, 1.165) is 36.9 Å². The van der Waals surface area contributed by atoms with E-state index in [1.807, 2.05) is 59.5 Å². The first-order valence-corrected chi connectivity index (χ1v) is 13.5. The molecule has 2 saturated heterocycles. The van der Waals surface area contributed by atoms with Crippen molar-refractivity contribution in [1.29, 1.82) is 0 Å². The Morgan fingerprint density at radius 1 is 0.895 bits per heavy atom. The van der Waals surface area contributed by atoms with Crippen LogP contribution in [0.2, 0.25) is 0 Å². The van der Waals surface area contributed by atoms with Crippen molar-refractivity contribution in [2.24, 2.45) is 5.92 Å². The van der Waals surface area contributed by atoms with E-state index in [9.17, 15) is 4.79 Å². The van der Waals surface area contributed by atoms with E-state index >= 15 is 0 Å². The second-order valence-electron chi connectivity index (χ2n) is 10.7. The normalized spacial score (nSPS) is 23.8. The molecule has 38 heavy (non-hydrogen) atoms. The fourth-order valence-electron chi connectivity index (χ4n) is 6.36. The van der Waals surface area contributed by atoms with Gasteiger partial charge in [-0.2, -0.15) is 4.98 Å². The van der Waals surface area contributed by atoms with Gasteiger partial charge in [-0.3, -0.25) is 0 Å². The minimum atomic E-state index is -0.104. The van der Waals surface area contributed by atoms with Crippen molar-refractivity contribution in [3.63, 3.8) is 0 Å². The molecule has 0 spiro atoms. The molecule has 0 radical (unpaired) electrons. The maximum absolute atomic E-state index is 13.4. The molecule has 2 aliphatic heterocycles. The Morgan fingerprint density at radius 3 is 2.21 bits per heavy atom. The summed E-state index contributed by atoms with van der Waals surface area (Å²) in [6, 6.07) is 31.0. The monoisotopic (exact) mass is 502 g/mol. The Labute approximate surface area is 222 Å².